The summed E-state index contributed by atoms with van der Waals surface area (Å²) in [4.78, 5) is 12.0. The summed E-state index contributed by atoms with van der Waals surface area (Å²) < 4.78 is 2.06. The monoisotopic (exact) mass is 340 g/mol. The lowest BCUT2D eigenvalue weighted by atomic mass is 10.1. The van der Waals surface area contributed by atoms with Gasteiger partial charge in [0, 0.05) is 19.6 Å². The van der Waals surface area contributed by atoms with Crippen molar-refractivity contribution in [2.75, 3.05) is 25.0 Å². The number of hydrogen-bond donors (Lipinski definition) is 2. The first-order valence-corrected chi connectivity index (χ1v) is 7.89. The van der Waals surface area contributed by atoms with E-state index in [-0.39, 0.29) is 5.56 Å². The SMILES string of the molecule is CCCn1ncc(NCCC2=CCNCC2)c(Br)c1=O. The van der Waals surface area contributed by atoms with Crippen LogP contribution < -0.4 is 16.2 Å². The molecule has 0 fully saturated rings. The van der Waals surface area contributed by atoms with Gasteiger partial charge in [-0.1, -0.05) is 18.6 Å². The molecule has 110 valence electrons. The molecule has 0 saturated carbocycles. The molecule has 2 N–H and O–H groups in total. The highest BCUT2D eigenvalue weighted by Gasteiger charge is 2.08. The molecule has 0 unspecified atom stereocenters. The molecule has 6 heteroatoms. The van der Waals surface area contributed by atoms with Crippen LogP contribution in [-0.2, 0) is 6.54 Å². The third kappa shape index (κ3) is 3.93. The van der Waals surface area contributed by atoms with Gasteiger partial charge in [0.1, 0.15) is 4.47 Å². The molecule has 1 aliphatic rings. The highest BCUT2D eigenvalue weighted by molar-refractivity contribution is 9.10. The maximum atomic E-state index is 12.0. The molecule has 0 bridgehead atoms. The number of nitrogens with zero attached hydrogens (tertiary/aromatic N) is 2. The largest absolute Gasteiger partial charge is 0.382 e. The molecule has 0 aliphatic carbocycles. The summed E-state index contributed by atoms with van der Waals surface area (Å²) in [7, 11) is 0. The van der Waals surface area contributed by atoms with E-state index in [2.05, 4.69) is 37.7 Å². The minimum absolute atomic E-state index is 0.0714. The number of rotatable bonds is 6. The van der Waals surface area contributed by atoms with Crippen LogP contribution in [-0.4, -0.2) is 29.4 Å². The molecule has 20 heavy (non-hydrogen) atoms. The third-order valence-corrected chi connectivity index (χ3v) is 4.11. The maximum Gasteiger partial charge on any atom is 0.283 e. The van der Waals surface area contributed by atoms with Crippen molar-refractivity contribution in [1.29, 1.82) is 0 Å². The Bertz CT molecular complexity index is 538. The molecular weight excluding hydrogens is 320 g/mol. The van der Waals surface area contributed by atoms with Crippen molar-refractivity contribution in [2.45, 2.75) is 32.7 Å². The summed E-state index contributed by atoms with van der Waals surface area (Å²) in [6.45, 7) is 5.53. The van der Waals surface area contributed by atoms with Crippen LogP contribution in [0.5, 0.6) is 0 Å². The first kappa shape index (κ1) is 15.3. The van der Waals surface area contributed by atoms with E-state index in [4.69, 9.17) is 0 Å². The molecule has 0 spiro atoms. The topological polar surface area (TPSA) is 59.0 Å². The highest BCUT2D eigenvalue weighted by atomic mass is 79.9. The lowest BCUT2D eigenvalue weighted by molar-refractivity contribution is 0.566. The summed E-state index contributed by atoms with van der Waals surface area (Å²) >= 11 is 3.37. The van der Waals surface area contributed by atoms with Crippen LogP contribution in [0.2, 0.25) is 0 Å². The summed E-state index contributed by atoms with van der Waals surface area (Å²) in [6, 6.07) is 0. The number of aryl methyl sites for hydroxylation is 1. The van der Waals surface area contributed by atoms with Crippen LogP contribution in [0.25, 0.3) is 0 Å². The zero-order chi connectivity index (χ0) is 14.4. The minimum atomic E-state index is -0.0714. The first-order valence-electron chi connectivity index (χ1n) is 7.10. The molecule has 0 amide bonds. The third-order valence-electron chi connectivity index (χ3n) is 3.34. The fourth-order valence-corrected chi connectivity index (χ4v) is 2.66. The van der Waals surface area contributed by atoms with Gasteiger partial charge in [-0.15, -0.1) is 0 Å². The second-order valence-electron chi connectivity index (χ2n) is 4.89. The average Bonchev–Trinajstić information content (AvgIpc) is 2.48. The van der Waals surface area contributed by atoms with E-state index >= 15 is 0 Å². The predicted octanol–water partition coefficient (Wildman–Crippen LogP) is 2.14. The number of aromatic nitrogens is 2. The Morgan fingerprint density at radius 2 is 2.40 bits per heavy atom. The summed E-state index contributed by atoms with van der Waals surface area (Å²) in [5.41, 5.74) is 2.18. The van der Waals surface area contributed by atoms with Crippen LogP contribution >= 0.6 is 15.9 Å². The predicted molar refractivity (Wildman–Crippen MR) is 85.2 cm³/mol. The Morgan fingerprint density at radius 3 is 3.10 bits per heavy atom. The lowest BCUT2D eigenvalue weighted by Crippen LogP contribution is -2.25. The molecule has 1 aromatic heterocycles. The van der Waals surface area contributed by atoms with E-state index in [0.717, 1.165) is 44.6 Å². The van der Waals surface area contributed by atoms with Gasteiger partial charge in [0.05, 0.1) is 11.9 Å². The summed E-state index contributed by atoms with van der Waals surface area (Å²) in [5, 5.41) is 10.8. The fourth-order valence-electron chi connectivity index (χ4n) is 2.21. The maximum absolute atomic E-state index is 12.0. The molecule has 2 rings (SSSR count). The van der Waals surface area contributed by atoms with Crippen molar-refractivity contribution in [1.82, 2.24) is 15.1 Å². The van der Waals surface area contributed by atoms with E-state index in [9.17, 15) is 4.79 Å². The first-order chi connectivity index (χ1) is 9.72. The molecule has 0 saturated heterocycles. The van der Waals surface area contributed by atoms with Gasteiger partial charge in [0.15, 0.2) is 0 Å². The Labute approximate surface area is 127 Å². The molecule has 5 nitrogen and oxygen atoms in total. The molecule has 0 atom stereocenters. The molecule has 2 heterocycles. The van der Waals surface area contributed by atoms with Gasteiger partial charge in [0.25, 0.3) is 5.56 Å². The van der Waals surface area contributed by atoms with Crippen LogP contribution in [0, 0.1) is 0 Å². The van der Waals surface area contributed by atoms with E-state index in [1.807, 2.05) is 6.92 Å². The second-order valence-corrected chi connectivity index (χ2v) is 5.69. The Morgan fingerprint density at radius 1 is 1.55 bits per heavy atom. The molecule has 0 aromatic carbocycles. The molecule has 1 aliphatic heterocycles. The van der Waals surface area contributed by atoms with Gasteiger partial charge in [-0.3, -0.25) is 4.79 Å². The minimum Gasteiger partial charge on any atom is -0.382 e. The van der Waals surface area contributed by atoms with E-state index in [1.54, 1.807) is 6.20 Å². The van der Waals surface area contributed by atoms with Gasteiger partial charge in [-0.25, -0.2) is 4.68 Å². The normalized spacial score (nSPS) is 15.0. The van der Waals surface area contributed by atoms with Gasteiger partial charge in [0.2, 0.25) is 0 Å². The van der Waals surface area contributed by atoms with Crippen LogP contribution in [0.15, 0.2) is 27.1 Å². The summed E-state index contributed by atoms with van der Waals surface area (Å²) in [5.74, 6) is 0. The van der Waals surface area contributed by atoms with Crippen LogP contribution in [0.1, 0.15) is 26.2 Å². The standard InChI is InChI=1S/C14H21BrN4O/c1-2-9-19-14(20)13(15)12(10-18-19)17-8-5-11-3-6-16-7-4-11/h3,10,16-17H,2,4-9H2,1H3. The lowest BCUT2D eigenvalue weighted by Gasteiger charge is -2.15. The van der Waals surface area contributed by atoms with E-state index in [0.29, 0.717) is 11.0 Å². The second kappa shape index (κ2) is 7.59. The quantitative estimate of drug-likeness (QED) is 0.779. The Kier molecular flexibility index (Phi) is 5.79. The zero-order valence-electron chi connectivity index (χ0n) is 11.8. The average molecular weight is 341 g/mol. The van der Waals surface area contributed by atoms with Gasteiger partial charge < -0.3 is 10.6 Å². The Balaban J connectivity index is 1.94. The van der Waals surface area contributed by atoms with Crippen LogP contribution in [0.4, 0.5) is 5.69 Å². The van der Waals surface area contributed by atoms with Crippen molar-refractivity contribution in [3.8, 4) is 0 Å². The molecule has 0 radical (unpaired) electrons. The van der Waals surface area contributed by atoms with Crippen molar-refractivity contribution in [3.05, 3.63) is 32.7 Å². The van der Waals surface area contributed by atoms with E-state index < -0.39 is 0 Å². The molecule has 1 aromatic rings. The smallest absolute Gasteiger partial charge is 0.283 e. The molecular formula is C14H21BrN4O. The number of halogens is 1. The number of hydrogen-bond acceptors (Lipinski definition) is 4. The van der Waals surface area contributed by atoms with Crippen molar-refractivity contribution in [2.24, 2.45) is 0 Å². The zero-order valence-corrected chi connectivity index (χ0v) is 13.4. The van der Waals surface area contributed by atoms with Crippen molar-refractivity contribution < 1.29 is 0 Å². The van der Waals surface area contributed by atoms with Gasteiger partial charge in [-0.05, 0) is 41.7 Å². The van der Waals surface area contributed by atoms with E-state index in [1.165, 1.54) is 10.3 Å². The van der Waals surface area contributed by atoms with Crippen molar-refractivity contribution in [3.63, 3.8) is 0 Å². The van der Waals surface area contributed by atoms with Gasteiger partial charge in [-0.2, -0.15) is 5.10 Å². The summed E-state index contributed by atoms with van der Waals surface area (Å²) in [6.07, 6.45) is 6.98. The number of anilines is 1. The van der Waals surface area contributed by atoms with Gasteiger partial charge >= 0.3 is 0 Å². The van der Waals surface area contributed by atoms with Crippen molar-refractivity contribution >= 4 is 21.6 Å². The fraction of sp³-hybridized carbons (Fsp3) is 0.571. The number of nitrogens with one attached hydrogen (secondary N) is 2. The Hall–Kier alpha value is -1.14. The van der Waals surface area contributed by atoms with Crippen LogP contribution in [0.3, 0.4) is 0 Å². The highest BCUT2D eigenvalue weighted by Crippen LogP contribution is 2.17.